The summed E-state index contributed by atoms with van der Waals surface area (Å²) in [4.78, 5) is 12.7. The molecule has 0 saturated carbocycles. The molecule has 5 heteroatoms. The fourth-order valence-corrected chi connectivity index (χ4v) is 3.23. The highest BCUT2D eigenvalue weighted by atomic mass is 32.2. The lowest BCUT2D eigenvalue weighted by Gasteiger charge is -2.13. The molecule has 0 bridgehead atoms. The molecular formula is C9H8O3S2. The molecule has 1 aromatic rings. The van der Waals surface area contributed by atoms with E-state index in [0.717, 1.165) is 16.2 Å². The van der Waals surface area contributed by atoms with Gasteiger partial charge >= 0.3 is 5.97 Å². The zero-order valence-corrected chi connectivity index (χ0v) is 9.08. The molecule has 14 heavy (non-hydrogen) atoms. The third-order valence-electron chi connectivity index (χ3n) is 1.93. The van der Waals surface area contributed by atoms with Crippen LogP contribution in [-0.4, -0.2) is 18.2 Å². The Morgan fingerprint density at radius 2 is 2.43 bits per heavy atom. The van der Waals surface area contributed by atoms with E-state index in [1.165, 1.54) is 18.9 Å². The van der Waals surface area contributed by atoms with E-state index in [1.807, 2.05) is 11.4 Å². The standard InChI is InChI=1S/C9H8O3S2/c1-12-9(11)8-7(10)5-2-3-13-6(5)4-14-8/h2-3,10H,4H2,1H3. The van der Waals surface area contributed by atoms with Gasteiger partial charge in [-0.25, -0.2) is 4.79 Å². The van der Waals surface area contributed by atoms with Crippen molar-refractivity contribution >= 4 is 34.8 Å². The maximum absolute atomic E-state index is 11.3. The number of hydrogen-bond acceptors (Lipinski definition) is 5. The van der Waals surface area contributed by atoms with Gasteiger partial charge in [-0.3, -0.25) is 0 Å². The second-order valence-corrected chi connectivity index (χ2v) is 4.70. The summed E-state index contributed by atoms with van der Waals surface area (Å²) in [5.41, 5.74) is 0.758. The number of hydrogen-bond donors (Lipinski definition) is 1. The number of ether oxygens (including phenoxy) is 1. The Labute approximate surface area is 89.4 Å². The molecular weight excluding hydrogens is 220 g/mol. The summed E-state index contributed by atoms with van der Waals surface area (Å²) < 4.78 is 4.58. The van der Waals surface area contributed by atoms with Crippen molar-refractivity contribution in [2.45, 2.75) is 5.75 Å². The van der Waals surface area contributed by atoms with Crippen LogP contribution in [0, 0.1) is 0 Å². The van der Waals surface area contributed by atoms with E-state index in [4.69, 9.17) is 0 Å². The Morgan fingerprint density at radius 3 is 3.14 bits per heavy atom. The quantitative estimate of drug-likeness (QED) is 0.750. The van der Waals surface area contributed by atoms with Crippen LogP contribution in [0.25, 0.3) is 5.76 Å². The van der Waals surface area contributed by atoms with Crippen LogP contribution in [-0.2, 0) is 15.3 Å². The lowest BCUT2D eigenvalue weighted by molar-refractivity contribution is -0.135. The van der Waals surface area contributed by atoms with Crippen molar-refractivity contribution in [1.82, 2.24) is 0 Å². The van der Waals surface area contributed by atoms with Crippen molar-refractivity contribution in [3.63, 3.8) is 0 Å². The Balaban J connectivity index is 2.45. The Kier molecular flexibility index (Phi) is 2.52. The monoisotopic (exact) mass is 228 g/mol. The van der Waals surface area contributed by atoms with Crippen molar-refractivity contribution in [3.8, 4) is 0 Å². The first-order valence-corrected chi connectivity index (χ1v) is 5.81. The van der Waals surface area contributed by atoms with Crippen LogP contribution in [0.4, 0.5) is 0 Å². The number of fused-ring (bicyclic) bond motifs is 1. The van der Waals surface area contributed by atoms with Crippen LogP contribution >= 0.6 is 23.1 Å². The summed E-state index contributed by atoms with van der Waals surface area (Å²) in [5.74, 6) is 0.301. The summed E-state index contributed by atoms with van der Waals surface area (Å²) in [6.45, 7) is 0. The average Bonchev–Trinajstić information content (AvgIpc) is 2.66. The molecule has 0 spiro atoms. The van der Waals surface area contributed by atoms with Gasteiger partial charge in [0, 0.05) is 16.2 Å². The van der Waals surface area contributed by atoms with Crippen molar-refractivity contribution in [2.75, 3.05) is 7.11 Å². The Hall–Kier alpha value is -0.940. The largest absolute Gasteiger partial charge is 0.506 e. The van der Waals surface area contributed by atoms with Crippen molar-refractivity contribution in [2.24, 2.45) is 0 Å². The van der Waals surface area contributed by atoms with E-state index < -0.39 is 5.97 Å². The van der Waals surface area contributed by atoms with E-state index in [9.17, 15) is 9.90 Å². The smallest absolute Gasteiger partial charge is 0.348 e. The topological polar surface area (TPSA) is 46.5 Å². The third-order valence-corrected chi connectivity index (χ3v) is 4.12. The number of esters is 1. The van der Waals surface area contributed by atoms with Gasteiger partial charge in [0.15, 0.2) is 0 Å². The molecule has 1 aromatic heterocycles. The van der Waals surface area contributed by atoms with Gasteiger partial charge in [-0.2, -0.15) is 0 Å². The van der Waals surface area contributed by atoms with Gasteiger partial charge in [-0.1, -0.05) is 0 Å². The average molecular weight is 228 g/mol. The molecule has 2 heterocycles. The van der Waals surface area contributed by atoms with E-state index in [2.05, 4.69) is 4.74 Å². The van der Waals surface area contributed by atoms with Crippen molar-refractivity contribution in [3.05, 3.63) is 26.8 Å². The SMILES string of the molecule is COC(=O)C1=C(O)c2ccsc2CS1. The summed E-state index contributed by atoms with van der Waals surface area (Å²) >= 11 is 2.90. The third kappa shape index (κ3) is 1.42. The molecule has 0 radical (unpaired) electrons. The molecule has 3 nitrogen and oxygen atoms in total. The van der Waals surface area contributed by atoms with Crippen LogP contribution in [0.15, 0.2) is 16.4 Å². The molecule has 1 aliphatic heterocycles. The van der Waals surface area contributed by atoms with Gasteiger partial charge in [-0.15, -0.1) is 23.1 Å². The number of thiophene rings is 1. The van der Waals surface area contributed by atoms with Gasteiger partial charge < -0.3 is 9.84 Å². The predicted molar refractivity (Wildman–Crippen MR) is 57.2 cm³/mol. The Morgan fingerprint density at radius 1 is 1.64 bits per heavy atom. The minimum Gasteiger partial charge on any atom is -0.506 e. The fourth-order valence-electron chi connectivity index (χ4n) is 1.24. The maximum Gasteiger partial charge on any atom is 0.348 e. The van der Waals surface area contributed by atoms with E-state index >= 15 is 0 Å². The van der Waals surface area contributed by atoms with E-state index in [-0.39, 0.29) is 5.76 Å². The minimum atomic E-state index is -0.468. The molecule has 0 atom stereocenters. The van der Waals surface area contributed by atoms with E-state index in [1.54, 1.807) is 11.3 Å². The maximum atomic E-state index is 11.3. The number of carbonyl (C=O) groups is 1. The second kappa shape index (κ2) is 3.67. The zero-order chi connectivity index (χ0) is 10.1. The molecule has 0 saturated heterocycles. The summed E-state index contributed by atoms with van der Waals surface area (Å²) in [6.07, 6.45) is 0. The van der Waals surface area contributed by atoms with Gasteiger partial charge in [0.2, 0.25) is 0 Å². The number of aliphatic hydroxyl groups is 1. The highest BCUT2D eigenvalue weighted by Gasteiger charge is 2.25. The summed E-state index contributed by atoms with van der Waals surface area (Å²) in [6, 6.07) is 1.82. The fraction of sp³-hybridized carbons (Fsp3) is 0.222. The highest BCUT2D eigenvalue weighted by molar-refractivity contribution is 8.03. The minimum absolute atomic E-state index is 0.0457. The lowest BCUT2D eigenvalue weighted by atomic mass is 10.2. The summed E-state index contributed by atoms with van der Waals surface area (Å²) in [7, 11) is 1.31. The molecule has 2 rings (SSSR count). The van der Waals surface area contributed by atoms with Crippen molar-refractivity contribution in [1.29, 1.82) is 0 Å². The zero-order valence-electron chi connectivity index (χ0n) is 7.44. The first-order valence-electron chi connectivity index (χ1n) is 3.95. The van der Waals surface area contributed by atoms with Gasteiger partial charge in [-0.05, 0) is 11.4 Å². The Bertz CT molecular complexity index is 406. The number of carbonyl (C=O) groups excluding carboxylic acids is 1. The molecule has 1 aliphatic rings. The first kappa shape index (κ1) is 9.61. The number of thioether (sulfide) groups is 1. The normalized spacial score (nSPS) is 15.2. The van der Waals surface area contributed by atoms with Crippen LogP contribution < -0.4 is 0 Å². The molecule has 0 fully saturated rings. The molecule has 0 aliphatic carbocycles. The summed E-state index contributed by atoms with van der Waals surface area (Å²) in [5, 5.41) is 11.7. The first-order chi connectivity index (χ1) is 6.74. The van der Waals surface area contributed by atoms with Crippen LogP contribution in [0.2, 0.25) is 0 Å². The molecule has 1 N–H and O–H groups in total. The van der Waals surface area contributed by atoms with Gasteiger partial charge in [0.05, 0.1) is 7.11 Å². The van der Waals surface area contributed by atoms with Gasteiger partial charge in [0.1, 0.15) is 10.7 Å². The van der Waals surface area contributed by atoms with Gasteiger partial charge in [0.25, 0.3) is 0 Å². The van der Waals surface area contributed by atoms with E-state index in [0.29, 0.717) is 4.91 Å². The molecule has 0 unspecified atom stereocenters. The second-order valence-electron chi connectivity index (χ2n) is 2.72. The molecule has 0 aromatic carbocycles. The highest BCUT2D eigenvalue weighted by Crippen LogP contribution is 2.39. The van der Waals surface area contributed by atoms with Crippen molar-refractivity contribution < 1.29 is 14.6 Å². The van der Waals surface area contributed by atoms with Crippen LogP contribution in [0.1, 0.15) is 10.4 Å². The molecule has 0 amide bonds. The van der Waals surface area contributed by atoms with Crippen LogP contribution in [0.3, 0.4) is 0 Å². The number of aliphatic hydroxyl groups excluding tert-OH is 1. The van der Waals surface area contributed by atoms with Crippen LogP contribution in [0.5, 0.6) is 0 Å². The predicted octanol–water partition coefficient (Wildman–Crippen LogP) is 2.39. The number of rotatable bonds is 1. The molecule has 74 valence electrons. The lowest BCUT2D eigenvalue weighted by Crippen LogP contribution is -2.08. The number of methoxy groups -OCH3 is 1.